The molecule has 4 N–H and O–H groups in total. The fourth-order valence-corrected chi connectivity index (χ4v) is 1.28. The Hall–Kier alpha value is -1.71. The number of aliphatic hydroxyl groups is 3. The Morgan fingerprint density at radius 3 is 2.05 bits per heavy atom. The number of pyridine rings is 1. The van der Waals surface area contributed by atoms with Crippen molar-refractivity contribution >= 4 is 5.91 Å². The van der Waals surface area contributed by atoms with Gasteiger partial charge >= 0.3 is 6.18 Å². The number of rotatable bonds is 5. The molecule has 0 unspecified atom stereocenters. The zero-order chi connectivity index (χ0) is 15.4. The van der Waals surface area contributed by atoms with Gasteiger partial charge in [0.05, 0.1) is 25.4 Å². The van der Waals surface area contributed by atoms with E-state index >= 15 is 0 Å². The molecule has 6 nitrogen and oxygen atoms in total. The minimum absolute atomic E-state index is 0.197. The molecule has 0 bridgehead atoms. The second kappa shape index (κ2) is 6.16. The minimum Gasteiger partial charge on any atom is -0.394 e. The summed E-state index contributed by atoms with van der Waals surface area (Å²) in [4.78, 5) is 14.8. The van der Waals surface area contributed by atoms with Gasteiger partial charge in [0, 0.05) is 6.20 Å². The molecule has 0 saturated carbocycles. The van der Waals surface area contributed by atoms with Crippen LogP contribution in [-0.2, 0) is 6.18 Å². The number of alkyl halides is 3. The number of aromatic nitrogens is 1. The predicted molar refractivity (Wildman–Crippen MR) is 60.7 cm³/mol. The summed E-state index contributed by atoms with van der Waals surface area (Å²) >= 11 is 0. The van der Waals surface area contributed by atoms with Gasteiger partial charge in [0.2, 0.25) is 0 Å². The van der Waals surface area contributed by atoms with Crippen LogP contribution in [0.25, 0.3) is 0 Å². The van der Waals surface area contributed by atoms with Gasteiger partial charge in [-0.15, -0.1) is 0 Å². The van der Waals surface area contributed by atoms with Crippen molar-refractivity contribution < 1.29 is 33.3 Å². The lowest BCUT2D eigenvalue weighted by Crippen LogP contribution is -2.57. The predicted octanol–water partition coefficient (Wildman–Crippen LogP) is -0.454. The van der Waals surface area contributed by atoms with Crippen molar-refractivity contribution in [1.82, 2.24) is 10.3 Å². The Balaban J connectivity index is 2.88. The van der Waals surface area contributed by atoms with Gasteiger partial charge in [-0.2, -0.15) is 13.2 Å². The number of hydrogen-bond acceptors (Lipinski definition) is 5. The topological polar surface area (TPSA) is 103 Å². The number of nitrogens with zero attached hydrogens (tertiary/aromatic N) is 1. The molecule has 0 aromatic carbocycles. The van der Waals surface area contributed by atoms with E-state index in [1.54, 1.807) is 0 Å². The van der Waals surface area contributed by atoms with Crippen molar-refractivity contribution in [3.8, 4) is 0 Å². The maximum Gasteiger partial charge on any atom is 0.433 e. The molecule has 1 rings (SSSR count). The first-order valence-corrected chi connectivity index (χ1v) is 5.46. The van der Waals surface area contributed by atoms with Crippen LogP contribution in [0.1, 0.15) is 16.1 Å². The highest BCUT2D eigenvalue weighted by Crippen LogP contribution is 2.27. The molecular weight excluding hydrogens is 281 g/mol. The third-order valence-electron chi connectivity index (χ3n) is 2.60. The molecule has 1 heterocycles. The zero-order valence-corrected chi connectivity index (χ0v) is 10.2. The average molecular weight is 294 g/mol. The molecule has 1 aromatic heterocycles. The molecule has 1 amide bonds. The number of carbonyl (C=O) groups excluding carboxylic acids is 1. The second-order valence-corrected chi connectivity index (χ2v) is 4.14. The van der Waals surface area contributed by atoms with Crippen molar-refractivity contribution in [2.75, 3.05) is 19.8 Å². The summed E-state index contributed by atoms with van der Waals surface area (Å²) in [5, 5.41) is 29.2. The van der Waals surface area contributed by atoms with Crippen molar-refractivity contribution in [2.45, 2.75) is 11.7 Å². The van der Waals surface area contributed by atoms with E-state index < -0.39 is 43.1 Å². The molecule has 20 heavy (non-hydrogen) atoms. The number of halogens is 3. The normalized spacial score (nSPS) is 12.3. The lowest BCUT2D eigenvalue weighted by atomic mass is 10.0. The molecular formula is C11H13F3N2O4. The van der Waals surface area contributed by atoms with Gasteiger partial charge in [-0.25, -0.2) is 0 Å². The summed E-state index contributed by atoms with van der Waals surface area (Å²) < 4.78 is 36.9. The average Bonchev–Trinajstić information content (AvgIpc) is 2.44. The molecule has 0 saturated heterocycles. The fraction of sp³-hybridized carbons (Fsp3) is 0.455. The quantitative estimate of drug-likeness (QED) is 0.589. The van der Waals surface area contributed by atoms with Crippen LogP contribution < -0.4 is 5.32 Å². The van der Waals surface area contributed by atoms with Gasteiger partial charge in [-0.05, 0) is 12.1 Å². The SMILES string of the molecule is O=C(NC(CO)(CO)CO)c1ccc(C(F)(F)F)nc1. The van der Waals surface area contributed by atoms with E-state index in [1.165, 1.54) is 0 Å². The molecule has 0 atom stereocenters. The highest BCUT2D eigenvalue weighted by Gasteiger charge is 2.33. The summed E-state index contributed by atoms with van der Waals surface area (Å²) in [6.07, 6.45) is -3.89. The Morgan fingerprint density at radius 1 is 1.15 bits per heavy atom. The van der Waals surface area contributed by atoms with Gasteiger partial charge < -0.3 is 20.6 Å². The summed E-state index contributed by atoms with van der Waals surface area (Å²) in [6, 6.07) is 1.54. The lowest BCUT2D eigenvalue weighted by Gasteiger charge is -2.28. The summed E-state index contributed by atoms with van der Waals surface area (Å²) in [5.74, 6) is -0.872. The van der Waals surface area contributed by atoms with E-state index in [2.05, 4.69) is 10.3 Å². The van der Waals surface area contributed by atoms with Gasteiger partial charge in [0.25, 0.3) is 5.91 Å². The Labute approximate surface area is 111 Å². The highest BCUT2D eigenvalue weighted by molar-refractivity contribution is 5.94. The van der Waals surface area contributed by atoms with Gasteiger partial charge in [-0.1, -0.05) is 0 Å². The lowest BCUT2D eigenvalue weighted by molar-refractivity contribution is -0.141. The fourth-order valence-electron chi connectivity index (χ4n) is 1.28. The number of nitrogens with one attached hydrogen (secondary N) is 1. The molecule has 0 aliphatic rings. The Bertz CT molecular complexity index is 449. The van der Waals surface area contributed by atoms with E-state index in [9.17, 15) is 18.0 Å². The monoisotopic (exact) mass is 294 g/mol. The summed E-state index contributed by atoms with van der Waals surface area (Å²) in [7, 11) is 0. The standard InChI is InChI=1S/C11H13F3N2O4/c12-11(13,14)8-2-1-7(3-15-8)9(20)16-10(4-17,5-18)6-19/h1-3,17-19H,4-6H2,(H,16,20). The van der Waals surface area contributed by atoms with Crippen LogP contribution in [0.5, 0.6) is 0 Å². The van der Waals surface area contributed by atoms with Crippen LogP contribution >= 0.6 is 0 Å². The van der Waals surface area contributed by atoms with E-state index in [1.807, 2.05) is 0 Å². The number of hydrogen-bond donors (Lipinski definition) is 4. The largest absolute Gasteiger partial charge is 0.433 e. The molecule has 1 aromatic rings. The molecule has 0 radical (unpaired) electrons. The first-order chi connectivity index (χ1) is 9.28. The smallest absolute Gasteiger partial charge is 0.394 e. The summed E-state index contributed by atoms with van der Waals surface area (Å²) in [6.45, 7) is -2.21. The van der Waals surface area contributed by atoms with Crippen LogP contribution in [0.15, 0.2) is 18.3 Å². The van der Waals surface area contributed by atoms with Crippen LogP contribution in [0.4, 0.5) is 13.2 Å². The highest BCUT2D eigenvalue weighted by atomic mass is 19.4. The van der Waals surface area contributed by atoms with Crippen molar-refractivity contribution in [3.05, 3.63) is 29.6 Å². The van der Waals surface area contributed by atoms with Gasteiger partial charge in [-0.3, -0.25) is 9.78 Å². The molecule has 0 spiro atoms. The van der Waals surface area contributed by atoms with Crippen molar-refractivity contribution in [2.24, 2.45) is 0 Å². The maximum atomic E-state index is 12.3. The third kappa shape index (κ3) is 3.65. The maximum absolute atomic E-state index is 12.3. The molecule has 0 fully saturated rings. The number of amides is 1. The van der Waals surface area contributed by atoms with Crippen molar-refractivity contribution in [3.63, 3.8) is 0 Å². The molecule has 0 aliphatic carbocycles. The Kier molecular flexibility index (Phi) is 5.03. The minimum atomic E-state index is -4.61. The van der Waals surface area contributed by atoms with E-state index in [0.29, 0.717) is 6.07 Å². The van der Waals surface area contributed by atoms with Crippen molar-refractivity contribution in [1.29, 1.82) is 0 Å². The van der Waals surface area contributed by atoms with E-state index in [4.69, 9.17) is 15.3 Å². The Morgan fingerprint density at radius 2 is 1.70 bits per heavy atom. The molecule has 9 heteroatoms. The first-order valence-electron chi connectivity index (χ1n) is 5.46. The zero-order valence-electron chi connectivity index (χ0n) is 10.2. The van der Waals surface area contributed by atoms with Gasteiger partial charge in [0.1, 0.15) is 11.2 Å². The number of aliphatic hydroxyl groups excluding tert-OH is 3. The van der Waals surface area contributed by atoms with Crippen LogP contribution in [0.3, 0.4) is 0 Å². The van der Waals surface area contributed by atoms with Gasteiger partial charge in [0.15, 0.2) is 0 Å². The van der Waals surface area contributed by atoms with Crippen LogP contribution in [0, 0.1) is 0 Å². The second-order valence-electron chi connectivity index (χ2n) is 4.14. The van der Waals surface area contributed by atoms with Crippen LogP contribution in [0.2, 0.25) is 0 Å². The molecule has 0 aliphatic heterocycles. The third-order valence-corrected chi connectivity index (χ3v) is 2.60. The van der Waals surface area contributed by atoms with E-state index in [-0.39, 0.29) is 5.56 Å². The van der Waals surface area contributed by atoms with Crippen LogP contribution in [-0.4, -0.2) is 51.6 Å². The number of carbonyl (C=O) groups is 1. The molecule has 112 valence electrons. The summed E-state index contributed by atoms with van der Waals surface area (Å²) in [5.41, 5.74) is -3.00. The first kappa shape index (κ1) is 16.3. The van der Waals surface area contributed by atoms with E-state index in [0.717, 1.165) is 12.3 Å².